The molecule has 1 N–H and O–H groups in total. The summed E-state index contributed by atoms with van der Waals surface area (Å²) >= 11 is 0. The number of fused-ring (bicyclic) bond motifs is 1. The first-order valence-electron chi connectivity index (χ1n) is 6.46. The highest BCUT2D eigenvalue weighted by atomic mass is 16.4. The van der Waals surface area contributed by atoms with E-state index in [0.717, 1.165) is 0 Å². The number of amides is 2. The van der Waals surface area contributed by atoms with Crippen molar-refractivity contribution in [3.05, 3.63) is 42.0 Å². The number of aromatic carboxylic acids is 1. The van der Waals surface area contributed by atoms with Gasteiger partial charge in [0, 0.05) is 0 Å². The first-order chi connectivity index (χ1) is 9.59. The van der Waals surface area contributed by atoms with Crippen LogP contribution in [0.3, 0.4) is 0 Å². The maximum absolute atomic E-state index is 12.3. The van der Waals surface area contributed by atoms with Crippen LogP contribution in [-0.4, -0.2) is 22.9 Å². The van der Waals surface area contributed by atoms with Crippen LogP contribution in [0.4, 0.5) is 5.69 Å². The van der Waals surface area contributed by atoms with E-state index in [-0.39, 0.29) is 29.2 Å². The average molecular weight is 271 g/mol. The van der Waals surface area contributed by atoms with Crippen molar-refractivity contribution in [1.82, 2.24) is 0 Å². The van der Waals surface area contributed by atoms with Crippen molar-refractivity contribution in [1.29, 1.82) is 0 Å². The predicted octanol–water partition coefficient (Wildman–Crippen LogP) is 1.84. The van der Waals surface area contributed by atoms with Gasteiger partial charge >= 0.3 is 5.97 Å². The Morgan fingerprint density at radius 3 is 1.95 bits per heavy atom. The van der Waals surface area contributed by atoms with Crippen LogP contribution in [0.5, 0.6) is 0 Å². The van der Waals surface area contributed by atoms with E-state index >= 15 is 0 Å². The number of anilines is 1. The first kappa shape index (κ1) is 12.6. The van der Waals surface area contributed by atoms with Gasteiger partial charge in [0.2, 0.25) is 11.8 Å². The van der Waals surface area contributed by atoms with E-state index in [9.17, 15) is 14.4 Å². The molecular formula is C15H13NO4. The third-order valence-electron chi connectivity index (χ3n) is 3.88. The molecule has 2 aliphatic rings. The van der Waals surface area contributed by atoms with Crippen LogP contribution in [-0.2, 0) is 9.59 Å². The SMILES string of the molecule is O=C(O)c1ccc(N2C(=O)[C@H]3CC=CC[C@@H]3C2=O)cc1. The number of hydrogen-bond acceptors (Lipinski definition) is 3. The summed E-state index contributed by atoms with van der Waals surface area (Å²) in [5.74, 6) is -1.95. The standard InChI is InChI=1S/C15H13NO4/c17-13-11-3-1-2-4-12(11)14(18)16(13)10-7-5-9(6-8-10)15(19)20/h1-2,5-8,11-12H,3-4H2,(H,19,20)/t11-,12-/m0/s1. The molecular weight excluding hydrogens is 258 g/mol. The summed E-state index contributed by atoms with van der Waals surface area (Å²) in [6.45, 7) is 0. The lowest BCUT2D eigenvalue weighted by Crippen LogP contribution is -2.30. The van der Waals surface area contributed by atoms with Crippen LogP contribution in [0.25, 0.3) is 0 Å². The third kappa shape index (κ3) is 1.82. The van der Waals surface area contributed by atoms with E-state index in [2.05, 4.69) is 0 Å². The molecule has 3 rings (SSSR count). The maximum atomic E-state index is 12.3. The third-order valence-corrected chi connectivity index (χ3v) is 3.88. The Morgan fingerprint density at radius 2 is 1.50 bits per heavy atom. The fraction of sp³-hybridized carbons (Fsp3) is 0.267. The molecule has 0 bridgehead atoms. The van der Waals surface area contributed by atoms with Crippen molar-refractivity contribution in [2.24, 2.45) is 11.8 Å². The fourth-order valence-corrected chi connectivity index (χ4v) is 2.81. The highest BCUT2D eigenvalue weighted by Gasteiger charge is 2.47. The highest BCUT2D eigenvalue weighted by Crippen LogP contribution is 2.37. The molecule has 2 amide bonds. The average Bonchev–Trinajstić information content (AvgIpc) is 2.72. The molecule has 1 aliphatic heterocycles. The predicted molar refractivity (Wildman–Crippen MR) is 71.2 cm³/mol. The Morgan fingerprint density at radius 1 is 1.00 bits per heavy atom. The molecule has 5 nitrogen and oxygen atoms in total. The molecule has 1 fully saturated rings. The van der Waals surface area contributed by atoms with Gasteiger partial charge in [0.15, 0.2) is 0 Å². The normalized spacial score (nSPS) is 24.9. The summed E-state index contributed by atoms with van der Waals surface area (Å²) in [5, 5.41) is 8.86. The van der Waals surface area contributed by atoms with E-state index in [1.54, 1.807) is 0 Å². The van der Waals surface area contributed by atoms with Crippen LogP contribution in [0, 0.1) is 11.8 Å². The van der Waals surface area contributed by atoms with E-state index in [1.807, 2.05) is 12.2 Å². The minimum absolute atomic E-state index is 0.131. The zero-order valence-electron chi connectivity index (χ0n) is 10.7. The number of nitrogens with zero attached hydrogens (tertiary/aromatic N) is 1. The number of carboxylic acids is 1. The van der Waals surface area contributed by atoms with Gasteiger partial charge in [0.05, 0.1) is 23.1 Å². The summed E-state index contributed by atoms with van der Waals surface area (Å²) in [6, 6.07) is 5.81. The number of imide groups is 1. The molecule has 5 heteroatoms. The van der Waals surface area contributed by atoms with Gasteiger partial charge in [0.25, 0.3) is 0 Å². The number of rotatable bonds is 2. The Kier molecular flexibility index (Phi) is 2.89. The number of carbonyl (C=O) groups is 3. The van der Waals surface area contributed by atoms with E-state index in [1.165, 1.54) is 29.2 Å². The minimum atomic E-state index is -1.03. The van der Waals surface area contributed by atoms with Gasteiger partial charge in [-0.1, -0.05) is 12.2 Å². The van der Waals surface area contributed by atoms with Gasteiger partial charge in [-0.05, 0) is 37.1 Å². The quantitative estimate of drug-likeness (QED) is 0.658. The summed E-state index contributed by atoms with van der Waals surface area (Å²) in [7, 11) is 0. The molecule has 1 aromatic rings. The Bertz CT molecular complexity index is 591. The van der Waals surface area contributed by atoms with Crippen LogP contribution >= 0.6 is 0 Å². The molecule has 20 heavy (non-hydrogen) atoms. The summed E-state index contributed by atoms with van der Waals surface area (Å²) in [4.78, 5) is 36.6. The van der Waals surface area contributed by atoms with Crippen LogP contribution in [0.2, 0.25) is 0 Å². The molecule has 0 saturated carbocycles. The lowest BCUT2D eigenvalue weighted by atomic mass is 9.85. The van der Waals surface area contributed by atoms with Crippen molar-refractivity contribution in [2.45, 2.75) is 12.8 Å². The van der Waals surface area contributed by atoms with Crippen molar-refractivity contribution in [3.8, 4) is 0 Å². The van der Waals surface area contributed by atoms with Crippen molar-refractivity contribution >= 4 is 23.5 Å². The number of hydrogen-bond donors (Lipinski definition) is 1. The minimum Gasteiger partial charge on any atom is -0.478 e. The largest absolute Gasteiger partial charge is 0.478 e. The van der Waals surface area contributed by atoms with E-state index in [0.29, 0.717) is 18.5 Å². The van der Waals surface area contributed by atoms with Crippen molar-refractivity contribution in [2.75, 3.05) is 4.90 Å². The molecule has 102 valence electrons. The highest BCUT2D eigenvalue weighted by molar-refractivity contribution is 6.22. The zero-order valence-corrected chi connectivity index (χ0v) is 10.7. The summed E-state index contributed by atoms with van der Waals surface area (Å²) < 4.78 is 0. The molecule has 0 aromatic heterocycles. The number of allylic oxidation sites excluding steroid dienone is 2. The maximum Gasteiger partial charge on any atom is 0.335 e. The number of benzene rings is 1. The fourth-order valence-electron chi connectivity index (χ4n) is 2.81. The molecule has 1 aromatic carbocycles. The van der Waals surface area contributed by atoms with Gasteiger partial charge in [-0.15, -0.1) is 0 Å². The van der Waals surface area contributed by atoms with Crippen LogP contribution in [0.1, 0.15) is 23.2 Å². The Labute approximate surface area is 115 Å². The first-order valence-corrected chi connectivity index (χ1v) is 6.46. The second-order valence-corrected chi connectivity index (χ2v) is 5.02. The van der Waals surface area contributed by atoms with Crippen LogP contribution < -0.4 is 4.90 Å². The van der Waals surface area contributed by atoms with Crippen LogP contribution in [0.15, 0.2) is 36.4 Å². The Hall–Kier alpha value is -2.43. The van der Waals surface area contributed by atoms with E-state index in [4.69, 9.17) is 5.11 Å². The van der Waals surface area contributed by atoms with Gasteiger partial charge in [-0.2, -0.15) is 0 Å². The molecule has 1 aliphatic carbocycles. The lowest BCUT2D eigenvalue weighted by Gasteiger charge is -2.14. The van der Waals surface area contributed by atoms with Gasteiger partial charge in [-0.3, -0.25) is 14.5 Å². The number of carboxylic acid groups (broad SMARTS) is 1. The van der Waals surface area contributed by atoms with Gasteiger partial charge in [-0.25, -0.2) is 4.79 Å². The summed E-state index contributed by atoms with van der Waals surface area (Å²) in [6.07, 6.45) is 5.06. The van der Waals surface area contributed by atoms with Gasteiger partial charge < -0.3 is 5.11 Å². The second-order valence-electron chi connectivity index (χ2n) is 5.02. The molecule has 0 radical (unpaired) electrons. The lowest BCUT2D eigenvalue weighted by molar-refractivity contribution is -0.122. The topological polar surface area (TPSA) is 74.7 Å². The molecule has 0 spiro atoms. The summed E-state index contributed by atoms with van der Waals surface area (Å²) in [5.41, 5.74) is 0.575. The monoisotopic (exact) mass is 271 g/mol. The van der Waals surface area contributed by atoms with Crippen molar-refractivity contribution in [3.63, 3.8) is 0 Å². The molecule has 1 saturated heterocycles. The molecule has 0 unspecified atom stereocenters. The van der Waals surface area contributed by atoms with Gasteiger partial charge in [0.1, 0.15) is 0 Å². The van der Waals surface area contributed by atoms with Crippen molar-refractivity contribution < 1.29 is 19.5 Å². The number of carbonyl (C=O) groups excluding carboxylic acids is 2. The smallest absolute Gasteiger partial charge is 0.335 e. The Balaban J connectivity index is 1.92. The van der Waals surface area contributed by atoms with E-state index < -0.39 is 5.97 Å². The molecule has 1 heterocycles. The zero-order chi connectivity index (χ0) is 14.3. The second kappa shape index (κ2) is 4.59. The molecule has 2 atom stereocenters.